The van der Waals surface area contributed by atoms with Crippen LogP contribution in [0.15, 0.2) is 18.2 Å². The quantitative estimate of drug-likeness (QED) is 0.817. The molecule has 0 aliphatic heterocycles. The minimum atomic E-state index is -2.50. The van der Waals surface area contributed by atoms with Crippen LogP contribution >= 0.6 is 0 Å². The summed E-state index contributed by atoms with van der Waals surface area (Å²) in [6, 6.07) is 4.96. The fourth-order valence-corrected chi connectivity index (χ4v) is 1.23. The maximum Gasteiger partial charge on any atom is 0.272 e. The molecule has 3 nitrogen and oxygen atoms in total. The van der Waals surface area contributed by atoms with E-state index in [0.717, 1.165) is 0 Å². The van der Waals surface area contributed by atoms with E-state index in [2.05, 4.69) is 0 Å². The summed E-state index contributed by atoms with van der Waals surface area (Å²) in [5.41, 5.74) is 6.08. The first-order valence-corrected chi connectivity index (χ1v) is 4.46. The lowest BCUT2D eigenvalue weighted by atomic mass is 10.2. The normalized spacial score (nSPS) is 10.5. The van der Waals surface area contributed by atoms with Gasteiger partial charge in [-0.15, -0.1) is 0 Å². The monoisotopic (exact) mass is 217 g/mol. The number of ether oxygens (including phenoxy) is 2. The molecule has 5 heteroatoms. The molecule has 0 aliphatic carbocycles. The summed E-state index contributed by atoms with van der Waals surface area (Å²) in [6.45, 7) is -0.456. The van der Waals surface area contributed by atoms with Crippen molar-refractivity contribution in [1.82, 2.24) is 0 Å². The molecule has 0 saturated carbocycles. The molecule has 1 aromatic rings. The number of hydrogen-bond donors (Lipinski definition) is 1. The van der Waals surface area contributed by atoms with E-state index in [1.165, 1.54) is 7.11 Å². The zero-order valence-corrected chi connectivity index (χ0v) is 8.37. The zero-order chi connectivity index (χ0) is 11.3. The van der Waals surface area contributed by atoms with Crippen LogP contribution in [0.5, 0.6) is 11.5 Å². The molecule has 15 heavy (non-hydrogen) atoms. The van der Waals surface area contributed by atoms with Crippen LogP contribution in [0.1, 0.15) is 5.56 Å². The van der Waals surface area contributed by atoms with E-state index in [1.807, 2.05) is 0 Å². The highest BCUT2D eigenvalue weighted by Crippen LogP contribution is 2.27. The second-order valence-corrected chi connectivity index (χ2v) is 2.84. The number of rotatable bonds is 5. The maximum atomic E-state index is 12.0. The van der Waals surface area contributed by atoms with Crippen molar-refractivity contribution in [1.29, 1.82) is 0 Å². The fraction of sp³-hybridized carbons (Fsp3) is 0.400. The summed E-state index contributed by atoms with van der Waals surface area (Å²) in [5.74, 6) is 0.890. The lowest BCUT2D eigenvalue weighted by Crippen LogP contribution is -2.10. The van der Waals surface area contributed by atoms with E-state index < -0.39 is 13.0 Å². The predicted molar refractivity (Wildman–Crippen MR) is 52.4 cm³/mol. The second kappa shape index (κ2) is 5.50. The zero-order valence-electron chi connectivity index (χ0n) is 8.37. The Morgan fingerprint density at radius 2 is 2.00 bits per heavy atom. The predicted octanol–water partition coefficient (Wildman–Crippen LogP) is 1.80. The van der Waals surface area contributed by atoms with Crippen molar-refractivity contribution >= 4 is 0 Å². The maximum absolute atomic E-state index is 12.0. The lowest BCUT2D eigenvalue weighted by molar-refractivity contribution is 0.0813. The molecule has 0 aromatic heterocycles. The minimum Gasteiger partial charge on any atom is -0.496 e. The van der Waals surface area contributed by atoms with Gasteiger partial charge < -0.3 is 15.2 Å². The third-order valence-corrected chi connectivity index (χ3v) is 1.88. The van der Waals surface area contributed by atoms with Crippen molar-refractivity contribution in [3.63, 3.8) is 0 Å². The van der Waals surface area contributed by atoms with Crippen molar-refractivity contribution in [2.75, 3.05) is 13.7 Å². The molecule has 0 saturated heterocycles. The first kappa shape index (κ1) is 11.7. The molecule has 1 rings (SSSR count). The Hall–Kier alpha value is -1.36. The highest BCUT2D eigenvalue weighted by atomic mass is 19.3. The highest BCUT2D eigenvalue weighted by Gasteiger charge is 2.10. The van der Waals surface area contributed by atoms with Crippen LogP contribution in [0.4, 0.5) is 8.78 Å². The molecule has 0 unspecified atom stereocenters. The topological polar surface area (TPSA) is 44.5 Å². The molecule has 0 radical (unpaired) electrons. The first-order valence-electron chi connectivity index (χ1n) is 4.46. The van der Waals surface area contributed by atoms with Gasteiger partial charge >= 0.3 is 0 Å². The van der Waals surface area contributed by atoms with Gasteiger partial charge in [-0.05, 0) is 12.1 Å². The van der Waals surface area contributed by atoms with Gasteiger partial charge in [-0.2, -0.15) is 0 Å². The Kier molecular flexibility index (Phi) is 4.30. The number of nitrogens with two attached hydrogens (primary N) is 1. The van der Waals surface area contributed by atoms with Crippen LogP contribution in [0.25, 0.3) is 0 Å². The van der Waals surface area contributed by atoms with Gasteiger partial charge in [0.25, 0.3) is 6.43 Å². The van der Waals surface area contributed by atoms with Gasteiger partial charge in [0.05, 0.1) is 7.11 Å². The molecule has 2 N–H and O–H groups in total. The van der Waals surface area contributed by atoms with Gasteiger partial charge in [-0.1, -0.05) is 6.07 Å². The smallest absolute Gasteiger partial charge is 0.272 e. The second-order valence-electron chi connectivity index (χ2n) is 2.84. The van der Waals surface area contributed by atoms with E-state index in [-0.39, 0.29) is 6.54 Å². The Bertz CT molecular complexity index is 318. The average Bonchev–Trinajstić information content (AvgIpc) is 2.25. The summed E-state index contributed by atoms with van der Waals surface area (Å²) in [5, 5.41) is 0. The summed E-state index contributed by atoms with van der Waals surface area (Å²) in [4.78, 5) is 0. The Morgan fingerprint density at radius 3 is 2.53 bits per heavy atom. The molecule has 0 amide bonds. The molecule has 0 atom stereocenters. The number of benzene rings is 1. The molecule has 0 fully saturated rings. The fourth-order valence-electron chi connectivity index (χ4n) is 1.23. The van der Waals surface area contributed by atoms with E-state index in [0.29, 0.717) is 17.1 Å². The summed E-state index contributed by atoms with van der Waals surface area (Å²) < 4.78 is 33.9. The molecule has 0 heterocycles. The van der Waals surface area contributed by atoms with Gasteiger partial charge in [0.1, 0.15) is 18.1 Å². The molecule has 0 aliphatic rings. The van der Waals surface area contributed by atoms with E-state index in [9.17, 15) is 8.78 Å². The molecular weight excluding hydrogens is 204 g/mol. The third-order valence-electron chi connectivity index (χ3n) is 1.88. The van der Waals surface area contributed by atoms with Crippen LogP contribution in [0.2, 0.25) is 0 Å². The van der Waals surface area contributed by atoms with Crippen LogP contribution < -0.4 is 15.2 Å². The first-order chi connectivity index (χ1) is 7.19. The summed E-state index contributed by atoms with van der Waals surface area (Å²) in [6.07, 6.45) is -2.50. The van der Waals surface area contributed by atoms with E-state index >= 15 is 0 Å². The molecule has 1 aromatic carbocycles. The van der Waals surface area contributed by atoms with E-state index in [4.69, 9.17) is 15.2 Å². The average molecular weight is 217 g/mol. The van der Waals surface area contributed by atoms with Crippen molar-refractivity contribution in [3.8, 4) is 11.5 Å². The Balaban J connectivity index is 2.86. The minimum absolute atomic E-state index is 0.183. The lowest BCUT2D eigenvalue weighted by Gasteiger charge is -2.13. The van der Waals surface area contributed by atoms with Gasteiger partial charge in [0.15, 0.2) is 0 Å². The number of methoxy groups -OCH3 is 1. The van der Waals surface area contributed by atoms with Gasteiger partial charge in [-0.25, -0.2) is 8.78 Å². The van der Waals surface area contributed by atoms with Gasteiger partial charge in [0, 0.05) is 12.1 Å². The Labute approximate surface area is 86.8 Å². The van der Waals surface area contributed by atoms with Gasteiger partial charge in [-0.3, -0.25) is 0 Å². The van der Waals surface area contributed by atoms with Crippen molar-refractivity contribution < 1.29 is 18.3 Å². The van der Waals surface area contributed by atoms with Crippen molar-refractivity contribution in [2.24, 2.45) is 5.73 Å². The molecular formula is C10H13F2NO2. The largest absolute Gasteiger partial charge is 0.496 e. The Morgan fingerprint density at radius 1 is 1.33 bits per heavy atom. The third kappa shape index (κ3) is 3.06. The number of alkyl halides is 2. The van der Waals surface area contributed by atoms with Crippen LogP contribution in [-0.2, 0) is 6.54 Å². The molecule has 84 valence electrons. The molecule has 0 bridgehead atoms. The molecule has 0 spiro atoms. The van der Waals surface area contributed by atoms with Crippen LogP contribution in [0, 0.1) is 0 Å². The van der Waals surface area contributed by atoms with E-state index in [1.54, 1.807) is 18.2 Å². The highest BCUT2D eigenvalue weighted by molar-refractivity contribution is 5.44. The SMILES string of the molecule is COc1cccc(OCC(F)F)c1CN. The summed E-state index contributed by atoms with van der Waals surface area (Å²) in [7, 11) is 1.49. The van der Waals surface area contributed by atoms with Crippen molar-refractivity contribution in [2.45, 2.75) is 13.0 Å². The van der Waals surface area contributed by atoms with Crippen LogP contribution in [-0.4, -0.2) is 20.1 Å². The standard InChI is InChI=1S/C10H13F2NO2/c1-14-8-3-2-4-9(7(8)5-13)15-6-10(11)12/h2-4,10H,5-6,13H2,1H3. The number of hydrogen-bond acceptors (Lipinski definition) is 3. The van der Waals surface area contributed by atoms with Gasteiger partial charge in [0.2, 0.25) is 0 Å². The van der Waals surface area contributed by atoms with Crippen LogP contribution in [0.3, 0.4) is 0 Å². The summed E-state index contributed by atoms with van der Waals surface area (Å²) >= 11 is 0. The van der Waals surface area contributed by atoms with Crippen molar-refractivity contribution in [3.05, 3.63) is 23.8 Å². The number of halogens is 2.